The predicted molar refractivity (Wildman–Crippen MR) is 118 cm³/mol. The third-order valence-electron chi connectivity index (χ3n) is 4.51. The molecular formula is C22H22ClN3O3S. The summed E-state index contributed by atoms with van der Waals surface area (Å²) in [6, 6.07) is 15.1. The summed E-state index contributed by atoms with van der Waals surface area (Å²) in [6.07, 6.45) is 3.25. The highest BCUT2D eigenvalue weighted by Crippen LogP contribution is 2.31. The van der Waals surface area contributed by atoms with Gasteiger partial charge in [-0.1, -0.05) is 35.4 Å². The number of rotatable bonds is 7. The maximum Gasteiger partial charge on any atom is 0.264 e. The Kier molecular flexibility index (Phi) is 6.74. The van der Waals surface area contributed by atoms with E-state index in [0.717, 1.165) is 21.0 Å². The monoisotopic (exact) mass is 443 g/mol. The number of pyridine rings is 1. The van der Waals surface area contributed by atoms with Crippen molar-refractivity contribution in [2.24, 2.45) is 0 Å². The van der Waals surface area contributed by atoms with Crippen LogP contribution in [-0.2, 0) is 21.4 Å². The van der Waals surface area contributed by atoms with Crippen molar-refractivity contribution in [3.8, 4) is 0 Å². The molecule has 0 radical (unpaired) electrons. The van der Waals surface area contributed by atoms with Gasteiger partial charge < -0.3 is 5.32 Å². The first-order valence-electron chi connectivity index (χ1n) is 9.28. The van der Waals surface area contributed by atoms with E-state index in [9.17, 15) is 13.2 Å². The van der Waals surface area contributed by atoms with E-state index in [2.05, 4.69) is 10.3 Å². The van der Waals surface area contributed by atoms with Crippen LogP contribution >= 0.6 is 11.6 Å². The van der Waals surface area contributed by atoms with E-state index in [1.165, 1.54) is 12.1 Å². The lowest BCUT2D eigenvalue weighted by molar-refractivity contribution is -0.119. The van der Waals surface area contributed by atoms with Crippen molar-refractivity contribution in [1.29, 1.82) is 0 Å². The minimum absolute atomic E-state index is 0.0904. The Morgan fingerprint density at radius 1 is 1.00 bits per heavy atom. The van der Waals surface area contributed by atoms with E-state index < -0.39 is 22.5 Å². The van der Waals surface area contributed by atoms with Crippen LogP contribution in [0.3, 0.4) is 0 Å². The summed E-state index contributed by atoms with van der Waals surface area (Å²) in [5.41, 5.74) is 2.89. The van der Waals surface area contributed by atoms with Crippen molar-refractivity contribution in [1.82, 2.24) is 10.3 Å². The molecule has 0 bridgehead atoms. The molecular weight excluding hydrogens is 422 g/mol. The summed E-state index contributed by atoms with van der Waals surface area (Å²) in [6.45, 7) is 3.57. The number of sulfonamides is 1. The van der Waals surface area contributed by atoms with E-state index in [4.69, 9.17) is 11.6 Å². The van der Waals surface area contributed by atoms with Crippen LogP contribution in [0.25, 0.3) is 0 Å². The molecule has 1 N–H and O–H groups in total. The zero-order valence-electron chi connectivity index (χ0n) is 16.7. The van der Waals surface area contributed by atoms with Crippen LogP contribution in [0.1, 0.15) is 16.7 Å². The van der Waals surface area contributed by atoms with Gasteiger partial charge in [0.2, 0.25) is 5.91 Å². The van der Waals surface area contributed by atoms with Crippen molar-refractivity contribution in [3.05, 3.63) is 88.7 Å². The van der Waals surface area contributed by atoms with Gasteiger partial charge in [-0.05, 0) is 61.4 Å². The number of nitrogens with one attached hydrogen (secondary N) is 1. The molecule has 3 rings (SSSR count). The van der Waals surface area contributed by atoms with Crippen LogP contribution in [0.5, 0.6) is 0 Å². The van der Waals surface area contributed by atoms with E-state index >= 15 is 0 Å². The lowest BCUT2D eigenvalue weighted by Crippen LogP contribution is -2.40. The number of nitrogens with zero attached hydrogens (tertiary/aromatic N) is 2. The summed E-state index contributed by atoms with van der Waals surface area (Å²) in [7, 11) is -4.01. The van der Waals surface area contributed by atoms with Gasteiger partial charge in [0.1, 0.15) is 6.54 Å². The third kappa shape index (κ3) is 5.17. The number of carbonyl (C=O) groups excluding carboxylic acids is 1. The van der Waals surface area contributed by atoms with Gasteiger partial charge >= 0.3 is 0 Å². The summed E-state index contributed by atoms with van der Waals surface area (Å²) in [5.74, 6) is -0.444. The van der Waals surface area contributed by atoms with E-state index in [-0.39, 0.29) is 22.2 Å². The standard InChI is InChI=1S/C22H22ClN3O3S/c1-16-3-6-19(7-4-16)30(28,29)26(21-13-17(2)5-8-20(21)23)15-22(27)25-14-18-9-11-24-12-10-18/h3-13H,14-15H2,1-2H3,(H,25,27). The second-order valence-electron chi connectivity index (χ2n) is 6.91. The molecule has 1 heterocycles. The van der Waals surface area contributed by atoms with Crippen LogP contribution in [0.15, 0.2) is 71.9 Å². The van der Waals surface area contributed by atoms with Gasteiger partial charge in [0, 0.05) is 18.9 Å². The SMILES string of the molecule is Cc1ccc(S(=O)(=O)N(CC(=O)NCc2ccncc2)c2cc(C)ccc2Cl)cc1. The van der Waals surface area contributed by atoms with Crippen LogP contribution in [-0.4, -0.2) is 25.9 Å². The van der Waals surface area contributed by atoms with Gasteiger partial charge in [-0.15, -0.1) is 0 Å². The van der Waals surface area contributed by atoms with Gasteiger partial charge in [-0.2, -0.15) is 0 Å². The third-order valence-corrected chi connectivity index (χ3v) is 6.60. The summed E-state index contributed by atoms with van der Waals surface area (Å²) in [5, 5.41) is 3.00. The molecule has 1 aromatic heterocycles. The molecule has 0 fully saturated rings. The van der Waals surface area contributed by atoms with Crippen LogP contribution in [0.4, 0.5) is 5.69 Å². The second-order valence-corrected chi connectivity index (χ2v) is 9.18. The highest BCUT2D eigenvalue weighted by molar-refractivity contribution is 7.92. The van der Waals surface area contributed by atoms with Crippen LogP contribution in [0, 0.1) is 13.8 Å². The Morgan fingerprint density at radius 3 is 2.30 bits per heavy atom. The van der Waals surface area contributed by atoms with Crippen molar-refractivity contribution >= 4 is 33.2 Å². The van der Waals surface area contributed by atoms with Gasteiger partial charge in [0.25, 0.3) is 10.0 Å². The Balaban J connectivity index is 1.92. The zero-order chi connectivity index (χ0) is 21.7. The molecule has 0 aliphatic heterocycles. The van der Waals surface area contributed by atoms with Gasteiger partial charge in [0.15, 0.2) is 0 Å². The first-order valence-corrected chi connectivity index (χ1v) is 11.1. The summed E-state index contributed by atoms with van der Waals surface area (Å²) < 4.78 is 27.8. The van der Waals surface area contributed by atoms with Gasteiger partial charge in [-0.3, -0.25) is 14.1 Å². The second kappa shape index (κ2) is 9.28. The lowest BCUT2D eigenvalue weighted by atomic mass is 10.2. The summed E-state index contributed by atoms with van der Waals surface area (Å²) >= 11 is 6.32. The number of hydrogen-bond donors (Lipinski definition) is 1. The summed E-state index contributed by atoms with van der Waals surface area (Å²) in [4.78, 5) is 16.7. The first-order chi connectivity index (χ1) is 14.3. The van der Waals surface area contributed by atoms with E-state index in [0.29, 0.717) is 0 Å². The Hall–Kier alpha value is -2.90. The molecule has 6 nitrogen and oxygen atoms in total. The van der Waals surface area contributed by atoms with E-state index in [1.54, 1.807) is 54.9 Å². The number of halogens is 1. The number of aryl methyl sites for hydroxylation is 2. The molecule has 0 aliphatic rings. The molecule has 0 unspecified atom stereocenters. The van der Waals surface area contributed by atoms with Crippen molar-refractivity contribution in [2.75, 3.05) is 10.8 Å². The minimum Gasteiger partial charge on any atom is -0.350 e. The fraction of sp³-hybridized carbons (Fsp3) is 0.182. The largest absolute Gasteiger partial charge is 0.350 e. The molecule has 0 aliphatic carbocycles. The highest BCUT2D eigenvalue weighted by atomic mass is 35.5. The number of hydrogen-bond acceptors (Lipinski definition) is 4. The van der Waals surface area contributed by atoms with Crippen LogP contribution < -0.4 is 9.62 Å². The lowest BCUT2D eigenvalue weighted by Gasteiger charge is -2.25. The molecule has 8 heteroatoms. The molecule has 0 spiro atoms. The first kappa shape index (κ1) is 21.8. The number of anilines is 1. The molecule has 1 amide bonds. The molecule has 2 aromatic carbocycles. The van der Waals surface area contributed by atoms with Crippen molar-refractivity contribution in [3.63, 3.8) is 0 Å². The van der Waals surface area contributed by atoms with E-state index in [1.807, 2.05) is 13.8 Å². The van der Waals surface area contributed by atoms with Crippen molar-refractivity contribution in [2.45, 2.75) is 25.3 Å². The average molecular weight is 444 g/mol. The molecule has 0 atom stereocenters. The van der Waals surface area contributed by atoms with Gasteiger partial charge in [0.05, 0.1) is 15.6 Å². The normalized spacial score (nSPS) is 11.2. The Labute approximate surface area is 181 Å². The molecule has 0 saturated carbocycles. The Morgan fingerprint density at radius 2 is 1.63 bits per heavy atom. The molecule has 3 aromatic rings. The average Bonchev–Trinajstić information content (AvgIpc) is 2.73. The molecule has 0 saturated heterocycles. The quantitative estimate of drug-likeness (QED) is 0.601. The Bertz CT molecular complexity index is 1130. The van der Waals surface area contributed by atoms with Crippen molar-refractivity contribution < 1.29 is 13.2 Å². The predicted octanol–water partition coefficient (Wildman–Crippen LogP) is 3.86. The highest BCUT2D eigenvalue weighted by Gasteiger charge is 2.28. The smallest absolute Gasteiger partial charge is 0.264 e. The fourth-order valence-electron chi connectivity index (χ4n) is 2.84. The molecule has 156 valence electrons. The van der Waals surface area contributed by atoms with Crippen LogP contribution in [0.2, 0.25) is 5.02 Å². The van der Waals surface area contributed by atoms with Gasteiger partial charge in [-0.25, -0.2) is 8.42 Å². The zero-order valence-corrected chi connectivity index (χ0v) is 18.2. The number of aromatic nitrogens is 1. The molecule has 30 heavy (non-hydrogen) atoms. The minimum atomic E-state index is -4.01. The maximum absolute atomic E-state index is 13.4. The fourth-order valence-corrected chi connectivity index (χ4v) is 4.54. The number of carbonyl (C=O) groups is 1. The topological polar surface area (TPSA) is 79.4 Å². The number of benzene rings is 2. The maximum atomic E-state index is 13.4. The number of amides is 1.